The molecule has 1 fully saturated rings. The van der Waals surface area contributed by atoms with Crippen LogP contribution >= 0.6 is 11.6 Å². The van der Waals surface area contributed by atoms with Crippen LogP contribution in [-0.4, -0.2) is 52.8 Å². The first kappa shape index (κ1) is 23.2. The van der Waals surface area contributed by atoms with Crippen molar-refractivity contribution in [3.63, 3.8) is 0 Å². The van der Waals surface area contributed by atoms with Crippen LogP contribution in [0.4, 0.5) is 27.7 Å². The zero-order valence-corrected chi connectivity index (χ0v) is 19.8. The van der Waals surface area contributed by atoms with Gasteiger partial charge in [0.1, 0.15) is 11.6 Å². The minimum absolute atomic E-state index is 0.293. The number of hydrogen-bond acceptors (Lipinski definition) is 8. The summed E-state index contributed by atoms with van der Waals surface area (Å²) in [6, 6.07) is 13.8. The van der Waals surface area contributed by atoms with Crippen LogP contribution in [0, 0.1) is 5.82 Å². The van der Waals surface area contributed by atoms with Gasteiger partial charge >= 0.3 is 0 Å². The first-order valence-electron chi connectivity index (χ1n) is 11.5. The average molecular weight is 494 g/mol. The van der Waals surface area contributed by atoms with Gasteiger partial charge in [-0.05, 0) is 55.0 Å². The lowest BCUT2D eigenvalue weighted by molar-refractivity contribution is 0.122. The van der Waals surface area contributed by atoms with Crippen LogP contribution in [0.2, 0.25) is 5.02 Å². The fraction of sp³-hybridized carbons (Fsp3) is 0.280. The van der Waals surface area contributed by atoms with E-state index in [1.54, 1.807) is 18.3 Å². The van der Waals surface area contributed by atoms with Crippen LogP contribution < -0.4 is 15.5 Å². The Morgan fingerprint density at radius 2 is 1.83 bits per heavy atom. The predicted octanol–water partition coefficient (Wildman–Crippen LogP) is 4.84. The molecule has 2 N–H and O–H groups in total. The van der Waals surface area contributed by atoms with Gasteiger partial charge < -0.3 is 20.3 Å². The van der Waals surface area contributed by atoms with Crippen LogP contribution in [0.15, 0.2) is 54.7 Å². The molecule has 1 aliphatic rings. The number of morpholine rings is 1. The Kier molecular flexibility index (Phi) is 7.15. The van der Waals surface area contributed by atoms with E-state index in [1.807, 2.05) is 24.3 Å². The summed E-state index contributed by atoms with van der Waals surface area (Å²) in [6.45, 7) is 3.45. The molecule has 35 heavy (non-hydrogen) atoms. The standard InChI is InChI=1S/C25H25ClFN7O/c26-17-3-8-20-21(9-11-29-22(20)16-17)28-10-1-2-23-31-24(30-19-6-4-18(27)5-7-19)33-25(32-23)34-12-14-35-15-13-34/h3-9,11,16H,1-2,10,12-15H2,(H,28,29)(H,30,31,32,33). The van der Waals surface area contributed by atoms with Crippen LogP contribution in [0.3, 0.4) is 0 Å². The number of ether oxygens (including phenoxy) is 1. The van der Waals surface area contributed by atoms with E-state index in [1.165, 1.54) is 12.1 Å². The number of anilines is 4. The van der Waals surface area contributed by atoms with Crippen molar-refractivity contribution < 1.29 is 9.13 Å². The summed E-state index contributed by atoms with van der Waals surface area (Å²) in [4.78, 5) is 20.4. The molecule has 10 heteroatoms. The zero-order valence-electron chi connectivity index (χ0n) is 19.0. The van der Waals surface area contributed by atoms with E-state index in [4.69, 9.17) is 21.3 Å². The SMILES string of the molecule is Fc1ccc(Nc2nc(CCCNc3ccnc4cc(Cl)ccc34)nc(N3CCOCC3)n2)cc1. The molecule has 0 unspecified atom stereocenters. The number of pyridine rings is 1. The van der Waals surface area contributed by atoms with Crippen molar-refractivity contribution >= 4 is 45.8 Å². The highest BCUT2D eigenvalue weighted by Crippen LogP contribution is 2.24. The quantitative estimate of drug-likeness (QED) is 0.337. The topological polar surface area (TPSA) is 88.1 Å². The number of fused-ring (bicyclic) bond motifs is 1. The highest BCUT2D eigenvalue weighted by molar-refractivity contribution is 6.31. The average Bonchev–Trinajstić information content (AvgIpc) is 2.88. The zero-order chi connectivity index (χ0) is 24.0. The van der Waals surface area contributed by atoms with Gasteiger partial charge in [-0.25, -0.2) is 4.39 Å². The maximum Gasteiger partial charge on any atom is 0.232 e. The summed E-state index contributed by atoms with van der Waals surface area (Å²) < 4.78 is 18.8. The van der Waals surface area contributed by atoms with Crippen molar-refractivity contribution in [3.05, 3.63) is 71.4 Å². The summed E-state index contributed by atoms with van der Waals surface area (Å²) in [6.07, 6.45) is 3.26. The molecule has 1 saturated heterocycles. The summed E-state index contributed by atoms with van der Waals surface area (Å²) in [5, 5.41) is 8.34. The normalized spacial score (nSPS) is 13.7. The molecule has 0 atom stereocenters. The third-order valence-corrected chi connectivity index (χ3v) is 5.90. The number of hydrogen-bond donors (Lipinski definition) is 2. The minimum atomic E-state index is -0.293. The van der Waals surface area contributed by atoms with Crippen LogP contribution in [0.5, 0.6) is 0 Å². The van der Waals surface area contributed by atoms with E-state index in [0.717, 1.165) is 42.6 Å². The highest BCUT2D eigenvalue weighted by atomic mass is 35.5. The fourth-order valence-electron chi connectivity index (χ4n) is 3.89. The van der Waals surface area contributed by atoms with Crippen molar-refractivity contribution in [1.29, 1.82) is 0 Å². The van der Waals surface area contributed by atoms with Crippen LogP contribution in [0.1, 0.15) is 12.2 Å². The van der Waals surface area contributed by atoms with Crippen molar-refractivity contribution in [2.24, 2.45) is 0 Å². The molecule has 3 heterocycles. The van der Waals surface area contributed by atoms with E-state index >= 15 is 0 Å². The molecule has 0 amide bonds. The van der Waals surface area contributed by atoms with Gasteiger partial charge in [0.2, 0.25) is 11.9 Å². The monoisotopic (exact) mass is 493 g/mol. The maximum atomic E-state index is 13.3. The van der Waals surface area contributed by atoms with E-state index < -0.39 is 0 Å². The molecule has 0 saturated carbocycles. The van der Waals surface area contributed by atoms with Gasteiger partial charge in [-0.1, -0.05) is 11.6 Å². The van der Waals surface area contributed by atoms with Crippen molar-refractivity contribution in [2.45, 2.75) is 12.8 Å². The number of nitrogens with one attached hydrogen (secondary N) is 2. The molecule has 0 radical (unpaired) electrons. The minimum Gasteiger partial charge on any atom is -0.384 e. The first-order valence-corrected chi connectivity index (χ1v) is 11.9. The molecule has 8 nitrogen and oxygen atoms in total. The second-order valence-electron chi connectivity index (χ2n) is 8.16. The summed E-state index contributed by atoms with van der Waals surface area (Å²) in [7, 11) is 0. The number of aryl methyl sites for hydroxylation is 1. The lowest BCUT2D eigenvalue weighted by Gasteiger charge is -2.27. The second-order valence-corrected chi connectivity index (χ2v) is 8.59. The molecule has 0 aliphatic carbocycles. The lowest BCUT2D eigenvalue weighted by atomic mass is 10.2. The van der Waals surface area contributed by atoms with Crippen molar-refractivity contribution in [2.75, 3.05) is 48.4 Å². The van der Waals surface area contributed by atoms with Gasteiger partial charge in [-0.3, -0.25) is 4.98 Å². The molecule has 2 aromatic heterocycles. The Morgan fingerprint density at radius 3 is 2.66 bits per heavy atom. The molecular weight excluding hydrogens is 469 g/mol. The number of rotatable bonds is 8. The second kappa shape index (κ2) is 10.8. The van der Waals surface area contributed by atoms with Gasteiger partial charge in [0.25, 0.3) is 0 Å². The molecule has 2 aromatic carbocycles. The van der Waals surface area contributed by atoms with Gasteiger partial charge in [0.05, 0.1) is 18.7 Å². The Hall–Kier alpha value is -3.56. The van der Waals surface area contributed by atoms with Crippen LogP contribution in [-0.2, 0) is 11.2 Å². The number of nitrogens with zero attached hydrogens (tertiary/aromatic N) is 5. The largest absolute Gasteiger partial charge is 0.384 e. The fourth-order valence-corrected chi connectivity index (χ4v) is 4.05. The van der Waals surface area contributed by atoms with Crippen LogP contribution in [0.25, 0.3) is 10.9 Å². The summed E-state index contributed by atoms with van der Waals surface area (Å²) in [5.41, 5.74) is 2.57. The number of halogens is 2. The van der Waals surface area contributed by atoms with Gasteiger partial charge in [-0.15, -0.1) is 0 Å². The summed E-state index contributed by atoms with van der Waals surface area (Å²) >= 11 is 6.09. The van der Waals surface area contributed by atoms with E-state index in [-0.39, 0.29) is 5.82 Å². The predicted molar refractivity (Wildman–Crippen MR) is 136 cm³/mol. The molecule has 4 aromatic rings. The van der Waals surface area contributed by atoms with Gasteiger partial charge in [0, 0.05) is 54.0 Å². The lowest BCUT2D eigenvalue weighted by Crippen LogP contribution is -2.37. The third-order valence-electron chi connectivity index (χ3n) is 5.66. The molecule has 180 valence electrons. The third kappa shape index (κ3) is 5.93. The Labute approximate surface area is 207 Å². The molecular formula is C25H25ClFN7O. The molecule has 1 aliphatic heterocycles. The van der Waals surface area contributed by atoms with E-state index in [2.05, 4.69) is 30.5 Å². The molecule has 5 rings (SSSR count). The molecule has 0 spiro atoms. The van der Waals surface area contributed by atoms with Crippen molar-refractivity contribution in [3.8, 4) is 0 Å². The van der Waals surface area contributed by atoms with Crippen molar-refractivity contribution in [1.82, 2.24) is 19.9 Å². The smallest absolute Gasteiger partial charge is 0.232 e. The Balaban J connectivity index is 1.28. The first-order chi connectivity index (χ1) is 17.1. The Morgan fingerprint density at radius 1 is 1.00 bits per heavy atom. The Bertz CT molecular complexity index is 1300. The van der Waals surface area contributed by atoms with E-state index in [0.29, 0.717) is 48.1 Å². The highest BCUT2D eigenvalue weighted by Gasteiger charge is 2.17. The summed E-state index contributed by atoms with van der Waals surface area (Å²) in [5.74, 6) is 1.46. The van der Waals surface area contributed by atoms with Gasteiger partial charge in [0.15, 0.2) is 0 Å². The maximum absolute atomic E-state index is 13.3. The molecule has 0 bridgehead atoms. The van der Waals surface area contributed by atoms with Gasteiger partial charge in [-0.2, -0.15) is 15.0 Å². The number of aromatic nitrogens is 4. The number of benzene rings is 2. The van der Waals surface area contributed by atoms with E-state index in [9.17, 15) is 4.39 Å².